The second-order valence-electron chi connectivity index (χ2n) is 27.1. The first-order chi connectivity index (χ1) is 33.9. The number of aliphatic hydroxyl groups excluding tert-OH is 1. The number of aliphatic hydroxyl groups is 1. The molecule has 9 atom stereocenters. The lowest BCUT2D eigenvalue weighted by Gasteiger charge is -2.54. The summed E-state index contributed by atoms with van der Waals surface area (Å²) in [7, 11) is 0. The van der Waals surface area contributed by atoms with E-state index in [4.69, 9.17) is 14.2 Å². The zero-order chi connectivity index (χ0) is 51.8. The molecule has 3 fully saturated rings. The highest BCUT2D eigenvalue weighted by Gasteiger charge is 2.59. The zero-order valence-corrected chi connectivity index (χ0v) is 46.5. The van der Waals surface area contributed by atoms with Crippen LogP contribution in [-0.2, 0) is 64.1 Å². The fourth-order valence-electron chi connectivity index (χ4n) is 16.3. The molecule has 7 heteroatoms. The van der Waals surface area contributed by atoms with Crippen molar-refractivity contribution in [2.75, 3.05) is 26.4 Å². The van der Waals surface area contributed by atoms with Crippen molar-refractivity contribution in [3.05, 3.63) is 105 Å². The number of carbonyl (C=O) groups excluding carboxylic acids is 3. The van der Waals surface area contributed by atoms with Crippen molar-refractivity contribution in [1.29, 1.82) is 0 Å². The van der Waals surface area contributed by atoms with E-state index in [1.165, 1.54) is 50.1 Å². The van der Waals surface area contributed by atoms with Crippen molar-refractivity contribution in [2.24, 2.45) is 39.4 Å². The van der Waals surface area contributed by atoms with Gasteiger partial charge in [-0.2, -0.15) is 0 Å². The highest BCUT2D eigenvalue weighted by Crippen LogP contribution is 2.60. The van der Waals surface area contributed by atoms with Crippen molar-refractivity contribution in [3.63, 3.8) is 0 Å². The van der Waals surface area contributed by atoms with Crippen molar-refractivity contribution in [1.82, 2.24) is 0 Å². The summed E-state index contributed by atoms with van der Waals surface area (Å²) in [6.45, 7) is 25.6. The molecule has 9 unspecified atom stereocenters. The summed E-state index contributed by atoms with van der Waals surface area (Å²) in [6, 6.07) is 21.0. The van der Waals surface area contributed by atoms with Crippen LogP contribution in [0, 0.1) is 39.4 Å². The van der Waals surface area contributed by atoms with E-state index >= 15 is 0 Å². The Bertz CT molecular complexity index is 2440. The molecule has 0 bridgehead atoms. The van der Waals surface area contributed by atoms with Gasteiger partial charge >= 0.3 is 17.9 Å². The minimum Gasteiger partial charge on any atom is -0.464 e. The molecular weight excluding hydrogens is 893 g/mol. The Hall–Kier alpha value is -3.97. The predicted molar refractivity (Wildman–Crippen MR) is 287 cm³/mol. The maximum Gasteiger partial charge on any atom is 0.312 e. The Morgan fingerprint density at radius 3 is 1.32 bits per heavy atom. The average Bonchev–Trinajstić information content (AvgIpc) is 3.35. The van der Waals surface area contributed by atoms with Crippen molar-refractivity contribution in [3.8, 4) is 0 Å². The molecule has 3 saturated carbocycles. The van der Waals surface area contributed by atoms with Crippen LogP contribution >= 0.6 is 0 Å². The van der Waals surface area contributed by atoms with Gasteiger partial charge in [-0.25, -0.2) is 0 Å². The van der Waals surface area contributed by atoms with Crippen LogP contribution in [0.4, 0.5) is 0 Å². The van der Waals surface area contributed by atoms with Gasteiger partial charge in [-0.1, -0.05) is 130 Å². The summed E-state index contributed by atoms with van der Waals surface area (Å²) >= 11 is 0. The molecule has 7 nitrogen and oxygen atoms in total. The third-order valence-electron chi connectivity index (χ3n) is 21.3. The summed E-state index contributed by atoms with van der Waals surface area (Å²) in [5.41, 5.74) is 8.45. The van der Waals surface area contributed by atoms with Crippen LogP contribution in [0.2, 0.25) is 0 Å². The molecule has 6 aliphatic rings. The average molecular weight is 983 g/mol. The van der Waals surface area contributed by atoms with Gasteiger partial charge < -0.3 is 19.3 Å². The Balaban J connectivity index is 0.955. The van der Waals surface area contributed by atoms with E-state index in [-0.39, 0.29) is 65.8 Å². The molecular formula is C65H90O7. The lowest BCUT2D eigenvalue weighted by Crippen LogP contribution is -2.54. The van der Waals surface area contributed by atoms with Crippen molar-refractivity contribution < 1.29 is 33.7 Å². The van der Waals surface area contributed by atoms with Crippen LogP contribution in [0.3, 0.4) is 0 Å². The van der Waals surface area contributed by atoms with E-state index in [2.05, 4.69) is 131 Å². The number of esters is 3. The molecule has 1 N–H and O–H groups in total. The van der Waals surface area contributed by atoms with Gasteiger partial charge in [0.2, 0.25) is 0 Å². The smallest absolute Gasteiger partial charge is 0.312 e. The van der Waals surface area contributed by atoms with Crippen LogP contribution in [0.25, 0.3) is 0 Å². The number of aryl methyl sites for hydroxylation is 3. The molecule has 0 spiro atoms. The van der Waals surface area contributed by atoms with Gasteiger partial charge in [0, 0.05) is 0 Å². The van der Waals surface area contributed by atoms with Gasteiger partial charge in [-0.3, -0.25) is 14.4 Å². The highest BCUT2D eigenvalue weighted by atomic mass is 16.6. The third-order valence-corrected chi connectivity index (χ3v) is 21.3. The fourth-order valence-corrected chi connectivity index (χ4v) is 16.3. The number of benzene rings is 3. The van der Waals surface area contributed by atoms with Gasteiger partial charge in [0.25, 0.3) is 0 Å². The molecule has 9 rings (SSSR count). The topological polar surface area (TPSA) is 99.1 Å². The first-order valence-corrected chi connectivity index (χ1v) is 28.5. The number of fused-ring (bicyclic) bond motifs is 9. The first-order valence-electron chi connectivity index (χ1n) is 28.5. The Kier molecular flexibility index (Phi) is 14.2. The number of hydrogen-bond acceptors (Lipinski definition) is 7. The molecule has 3 aromatic carbocycles. The van der Waals surface area contributed by atoms with Crippen LogP contribution in [0.15, 0.2) is 54.6 Å². The Labute approximate surface area is 433 Å². The SMILES string of the molecule is CC(C)c1ccc2c(c1)CCC1CC(C)(C(=O)OCC(CO)(COC(=O)C3(C)CCCC4(C)c5ccc(C(C)C)cc5CCC34)COC(=O)C3(C)CCCC4(C)c5ccc(C(C)C)cc5CCC34)CCC21C. The first kappa shape index (κ1) is 52.9. The monoisotopic (exact) mass is 983 g/mol. The lowest BCUT2D eigenvalue weighted by molar-refractivity contribution is -0.185. The molecule has 0 aromatic heterocycles. The summed E-state index contributed by atoms with van der Waals surface area (Å²) < 4.78 is 19.4. The highest BCUT2D eigenvalue weighted by molar-refractivity contribution is 5.79. The van der Waals surface area contributed by atoms with E-state index in [1.807, 2.05) is 6.92 Å². The lowest BCUT2D eigenvalue weighted by atomic mass is 9.49. The van der Waals surface area contributed by atoms with Crippen LogP contribution < -0.4 is 0 Å². The fraction of sp³-hybridized carbons (Fsp3) is 0.677. The van der Waals surface area contributed by atoms with E-state index in [0.29, 0.717) is 49.4 Å². The van der Waals surface area contributed by atoms with Gasteiger partial charge in [-0.15, -0.1) is 0 Å². The number of ether oxygens (including phenoxy) is 3. The molecule has 0 amide bonds. The van der Waals surface area contributed by atoms with E-state index in [0.717, 1.165) is 70.6 Å². The maximum atomic E-state index is 14.9. The van der Waals surface area contributed by atoms with Gasteiger partial charge in [-0.05, 0) is 206 Å². The van der Waals surface area contributed by atoms with Crippen molar-refractivity contribution >= 4 is 17.9 Å². The van der Waals surface area contributed by atoms with E-state index in [9.17, 15) is 19.5 Å². The Morgan fingerprint density at radius 2 is 0.917 bits per heavy atom. The third kappa shape index (κ3) is 8.91. The summed E-state index contributed by atoms with van der Waals surface area (Å²) in [5, 5.41) is 11.6. The maximum absolute atomic E-state index is 14.9. The van der Waals surface area contributed by atoms with Crippen LogP contribution in [-0.4, -0.2) is 49.4 Å². The van der Waals surface area contributed by atoms with E-state index in [1.54, 1.807) is 0 Å². The van der Waals surface area contributed by atoms with Crippen molar-refractivity contribution in [2.45, 2.75) is 213 Å². The van der Waals surface area contributed by atoms with Gasteiger partial charge in [0.05, 0.1) is 28.3 Å². The molecule has 72 heavy (non-hydrogen) atoms. The molecule has 0 saturated heterocycles. The molecule has 0 aliphatic heterocycles. The molecule has 3 aromatic rings. The summed E-state index contributed by atoms with van der Waals surface area (Å²) in [4.78, 5) is 44.6. The number of carbonyl (C=O) groups is 3. The zero-order valence-electron chi connectivity index (χ0n) is 46.5. The van der Waals surface area contributed by atoms with Gasteiger partial charge in [0.1, 0.15) is 19.8 Å². The standard InChI is InChI=1S/C65H90O7/c1-41(2)44-16-22-51-47(33-44)15-21-50-36-59(7,31-32-60(50,51)8)56(67)70-38-65(37-66,39-71-57(68)63(11)29-13-27-61(9)52-23-17-45(42(3)4)34-48(52)19-25-54(61)63)40-72-58(69)64(12)30-14-28-62(10)53-24-18-46(43(5)6)35-49(53)20-26-55(62)64/h16-18,22-24,33-35,41-43,50,54-55,66H,13-15,19-21,25-32,36-40H2,1-12H3. The molecule has 0 heterocycles. The van der Waals surface area contributed by atoms with Gasteiger partial charge in [0.15, 0.2) is 0 Å². The summed E-state index contributed by atoms with van der Waals surface area (Å²) in [5.74, 6) is 0.957. The van der Waals surface area contributed by atoms with E-state index < -0.39 is 28.3 Å². The van der Waals surface area contributed by atoms with Crippen LogP contribution in [0.5, 0.6) is 0 Å². The summed E-state index contributed by atoms with van der Waals surface area (Å²) in [6.07, 6.45) is 13.1. The Morgan fingerprint density at radius 1 is 0.528 bits per heavy atom. The second-order valence-corrected chi connectivity index (χ2v) is 27.1. The predicted octanol–water partition coefficient (Wildman–Crippen LogP) is 14.1. The number of rotatable bonds is 13. The quantitative estimate of drug-likeness (QED) is 0.135. The normalized spacial score (nSPS) is 33.6. The largest absolute Gasteiger partial charge is 0.464 e. The second kappa shape index (κ2) is 19.3. The minimum atomic E-state index is -1.36. The molecule has 6 aliphatic carbocycles. The number of hydrogen-bond donors (Lipinski definition) is 1. The molecule has 0 radical (unpaired) electrons. The molecule has 392 valence electrons. The minimum absolute atomic E-state index is 0.0222. The van der Waals surface area contributed by atoms with Crippen LogP contribution in [0.1, 0.15) is 228 Å².